The minimum Gasteiger partial charge on any atom is -0.325 e. The molecule has 0 unspecified atom stereocenters. The normalized spacial score (nSPS) is 10.3. The van der Waals surface area contributed by atoms with E-state index in [1.54, 1.807) is 0 Å². The molecule has 0 spiro atoms. The number of nitrogens with one attached hydrogen (secondary N) is 2. The topological polar surface area (TPSA) is 58.2 Å². The molecule has 2 aromatic carbocycles. The molecule has 0 heterocycles. The molecule has 0 aromatic heterocycles. The third-order valence-electron chi connectivity index (χ3n) is 4.08. The number of hydrogen-bond acceptors (Lipinski definition) is 2. The molecular weight excluding hydrogens is 288 g/mol. The largest absolute Gasteiger partial charge is 0.325 e. The van der Waals surface area contributed by atoms with E-state index < -0.39 is 0 Å². The van der Waals surface area contributed by atoms with Crippen LogP contribution in [0.2, 0.25) is 0 Å². The highest BCUT2D eigenvalue weighted by atomic mass is 16.2. The quantitative estimate of drug-likeness (QED) is 0.842. The summed E-state index contributed by atoms with van der Waals surface area (Å²) < 4.78 is 0. The van der Waals surface area contributed by atoms with Gasteiger partial charge in [-0.1, -0.05) is 24.3 Å². The van der Waals surface area contributed by atoms with Crippen molar-refractivity contribution in [2.45, 2.75) is 34.1 Å². The molecular formula is C19H22N2O2. The van der Waals surface area contributed by atoms with Gasteiger partial charge < -0.3 is 10.6 Å². The average molecular weight is 310 g/mol. The van der Waals surface area contributed by atoms with Crippen LogP contribution in [-0.4, -0.2) is 11.8 Å². The number of amides is 2. The number of benzene rings is 2. The molecule has 23 heavy (non-hydrogen) atoms. The highest BCUT2D eigenvalue weighted by molar-refractivity contribution is 6.08. The van der Waals surface area contributed by atoms with Crippen LogP contribution in [0.1, 0.15) is 28.7 Å². The van der Waals surface area contributed by atoms with E-state index in [0.717, 1.165) is 33.6 Å². The number of hydrogen-bond donors (Lipinski definition) is 2. The predicted molar refractivity (Wildman–Crippen MR) is 93.7 cm³/mol. The second kappa shape index (κ2) is 7.09. The van der Waals surface area contributed by atoms with E-state index in [1.807, 2.05) is 64.1 Å². The van der Waals surface area contributed by atoms with Crippen molar-refractivity contribution < 1.29 is 9.59 Å². The summed E-state index contributed by atoms with van der Waals surface area (Å²) in [5.74, 6) is -0.636. The Morgan fingerprint density at radius 2 is 1.13 bits per heavy atom. The number of anilines is 2. The number of carbonyl (C=O) groups excluding carboxylic acids is 2. The van der Waals surface area contributed by atoms with Gasteiger partial charge in [0.15, 0.2) is 0 Å². The fourth-order valence-electron chi connectivity index (χ4n) is 2.31. The van der Waals surface area contributed by atoms with Crippen molar-refractivity contribution in [3.8, 4) is 0 Å². The Balaban J connectivity index is 1.99. The monoisotopic (exact) mass is 310 g/mol. The van der Waals surface area contributed by atoms with Crippen LogP contribution in [0.25, 0.3) is 0 Å². The summed E-state index contributed by atoms with van der Waals surface area (Å²) in [6, 6.07) is 11.4. The third kappa shape index (κ3) is 4.19. The van der Waals surface area contributed by atoms with Crippen molar-refractivity contribution in [3.05, 3.63) is 58.7 Å². The van der Waals surface area contributed by atoms with Crippen LogP contribution in [0.3, 0.4) is 0 Å². The van der Waals surface area contributed by atoms with Gasteiger partial charge in [0.25, 0.3) is 0 Å². The molecule has 0 bridgehead atoms. The molecule has 0 radical (unpaired) electrons. The maximum absolute atomic E-state index is 12.1. The lowest BCUT2D eigenvalue weighted by Gasteiger charge is -2.12. The predicted octanol–water partition coefficient (Wildman–Crippen LogP) is 3.89. The van der Waals surface area contributed by atoms with Crippen LogP contribution in [0.4, 0.5) is 11.4 Å². The molecule has 2 N–H and O–H groups in total. The zero-order valence-electron chi connectivity index (χ0n) is 14.0. The van der Waals surface area contributed by atoms with Gasteiger partial charge in [-0.05, 0) is 62.1 Å². The van der Waals surface area contributed by atoms with Crippen LogP contribution in [0, 0.1) is 27.7 Å². The molecule has 4 heteroatoms. The number of rotatable bonds is 4. The molecule has 0 aliphatic carbocycles. The average Bonchev–Trinajstić information content (AvgIpc) is 2.48. The Morgan fingerprint density at radius 1 is 0.739 bits per heavy atom. The van der Waals surface area contributed by atoms with Gasteiger partial charge in [0.2, 0.25) is 11.8 Å². The lowest BCUT2D eigenvalue weighted by Crippen LogP contribution is -2.22. The van der Waals surface area contributed by atoms with Crippen molar-refractivity contribution in [1.82, 2.24) is 0 Å². The summed E-state index contributed by atoms with van der Waals surface area (Å²) in [5, 5.41) is 5.59. The first kappa shape index (κ1) is 16.7. The highest BCUT2D eigenvalue weighted by Crippen LogP contribution is 2.19. The van der Waals surface area contributed by atoms with Gasteiger partial charge in [-0.2, -0.15) is 0 Å². The number of carbonyl (C=O) groups is 2. The molecule has 4 nitrogen and oxygen atoms in total. The molecule has 0 fully saturated rings. The Hall–Kier alpha value is -2.62. The van der Waals surface area contributed by atoms with Crippen LogP contribution < -0.4 is 10.6 Å². The Bertz CT molecular complexity index is 688. The second-order valence-electron chi connectivity index (χ2n) is 5.77. The summed E-state index contributed by atoms with van der Waals surface area (Å²) in [6.45, 7) is 7.86. The molecule has 0 aliphatic heterocycles. The van der Waals surface area contributed by atoms with Crippen LogP contribution in [-0.2, 0) is 9.59 Å². The molecule has 0 saturated heterocycles. The smallest absolute Gasteiger partial charge is 0.233 e. The Kier molecular flexibility index (Phi) is 5.16. The maximum Gasteiger partial charge on any atom is 0.233 e. The lowest BCUT2D eigenvalue weighted by atomic mass is 10.1. The first-order valence-electron chi connectivity index (χ1n) is 7.60. The molecule has 120 valence electrons. The van der Waals surface area contributed by atoms with E-state index in [2.05, 4.69) is 10.6 Å². The Labute approximate surface area is 136 Å². The maximum atomic E-state index is 12.1. The summed E-state index contributed by atoms with van der Waals surface area (Å²) in [6.07, 6.45) is -0.208. The van der Waals surface area contributed by atoms with Crippen molar-refractivity contribution in [2.24, 2.45) is 0 Å². The van der Waals surface area contributed by atoms with Gasteiger partial charge in [0.05, 0.1) is 0 Å². The minimum absolute atomic E-state index is 0.208. The fourth-order valence-corrected chi connectivity index (χ4v) is 2.31. The standard InChI is InChI=1S/C19H22N2O2/c1-12-7-5-9-16(14(12)3)20-18(22)11-19(23)21-17-10-6-8-13(2)15(17)4/h5-10H,11H2,1-4H3,(H,20,22)(H,21,23). The summed E-state index contributed by atoms with van der Waals surface area (Å²) in [7, 11) is 0. The minimum atomic E-state index is -0.318. The summed E-state index contributed by atoms with van der Waals surface area (Å²) >= 11 is 0. The number of aryl methyl sites for hydroxylation is 2. The van der Waals surface area contributed by atoms with Crippen molar-refractivity contribution in [2.75, 3.05) is 10.6 Å². The molecule has 2 aromatic rings. The van der Waals surface area contributed by atoms with Gasteiger partial charge in [-0.15, -0.1) is 0 Å². The second-order valence-corrected chi connectivity index (χ2v) is 5.77. The first-order valence-corrected chi connectivity index (χ1v) is 7.60. The van der Waals surface area contributed by atoms with Gasteiger partial charge in [0.1, 0.15) is 6.42 Å². The van der Waals surface area contributed by atoms with Gasteiger partial charge in [-0.3, -0.25) is 9.59 Å². The van der Waals surface area contributed by atoms with Crippen LogP contribution in [0.15, 0.2) is 36.4 Å². The third-order valence-corrected chi connectivity index (χ3v) is 4.08. The van der Waals surface area contributed by atoms with Crippen LogP contribution >= 0.6 is 0 Å². The van der Waals surface area contributed by atoms with Crippen LogP contribution in [0.5, 0.6) is 0 Å². The van der Waals surface area contributed by atoms with E-state index in [1.165, 1.54) is 0 Å². The van der Waals surface area contributed by atoms with Gasteiger partial charge in [-0.25, -0.2) is 0 Å². The van der Waals surface area contributed by atoms with E-state index in [9.17, 15) is 9.59 Å². The van der Waals surface area contributed by atoms with Crippen molar-refractivity contribution >= 4 is 23.2 Å². The first-order chi connectivity index (χ1) is 10.9. The van der Waals surface area contributed by atoms with Crippen molar-refractivity contribution in [3.63, 3.8) is 0 Å². The van der Waals surface area contributed by atoms with E-state index in [0.29, 0.717) is 0 Å². The van der Waals surface area contributed by atoms with E-state index in [4.69, 9.17) is 0 Å². The van der Waals surface area contributed by atoms with E-state index in [-0.39, 0.29) is 18.2 Å². The molecule has 0 saturated carbocycles. The SMILES string of the molecule is Cc1cccc(NC(=O)CC(=O)Nc2cccc(C)c2C)c1C. The zero-order valence-corrected chi connectivity index (χ0v) is 14.0. The van der Waals surface area contributed by atoms with Gasteiger partial charge >= 0.3 is 0 Å². The van der Waals surface area contributed by atoms with Crippen molar-refractivity contribution in [1.29, 1.82) is 0 Å². The summed E-state index contributed by atoms with van der Waals surface area (Å²) in [4.78, 5) is 24.1. The fraction of sp³-hybridized carbons (Fsp3) is 0.263. The summed E-state index contributed by atoms with van der Waals surface area (Å²) in [5.41, 5.74) is 5.71. The lowest BCUT2D eigenvalue weighted by molar-refractivity contribution is -0.123. The van der Waals surface area contributed by atoms with Gasteiger partial charge in [0, 0.05) is 11.4 Å². The Morgan fingerprint density at radius 3 is 1.52 bits per heavy atom. The molecule has 2 amide bonds. The highest BCUT2D eigenvalue weighted by Gasteiger charge is 2.12. The molecule has 0 aliphatic rings. The zero-order chi connectivity index (χ0) is 17.0. The van der Waals surface area contributed by atoms with E-state index >= 15 is 0 Å². The molecule has 0 atom stereocenters. The molecule has 2 rings (SSSR count).